The largest absolute Gasteiger partial charge is 0.435 e. The summed E-state index contributed by atoms with van der Waals surface area (Å²) in [5.41, 5.74) is 3.59. The average Bonchev–Trinajstić information content (AvgIpc) is 2.32. The zero-order valence-corrected chi connectivity index (χ0v) is 6.30. The summed E-state index contributed by atoms with van der Waals surface area (Å²) in [7, 11) is 0. The lowest BCUT2D eigenvalue weighted by atomic mass is 10.4. The minimum absolute atomic E-state index is 0.382. The minimum atomic E-state index is -4.54. The molecule has 0 fully saturated rings. The van der Waals surface area contributed by atoms with Crippen molar-refractivity contribution in [2.45, 2.75) is 12.7 Å². The predicted octanol–water partition coefficient (Wildman–Crippen LogP) is 0.187. The van der Waals surface area contributed by atoms with Crippen molar-refractivity contribution in [2.24, 2.45) is 5.73 Å². The van der Waals surface area contributed by atoms with Gasteiger partial charge >= 0.3 is 6.18 Å². The lowest BCUT2D eigenvalue weighted by Crippen LogP contribution is -2.19. The van der Waals surface area contributed by atoms with Crippen molar-refractivity contribution in [2.75, 3.05) is 0 Å². The molecular weight excluding hydrogens is 187 g/mol. The number of hydrogen-bond donors (Lipinski definition) is 1. The molecule has 0 aromatic carbocycles. The van der Waals surface area contributed by atoms with Crippen LogP contribution >= 0.6 is 0 Å². The molecule has 7 heteroatoms. The number of hydrogen-bond acceptors (Lipinski definition) is 2. The van der Waals surface area contributed by atoms with Crippen molar-refractivity contribution >= 4 is 5.91 Å². The molecule has 0 bridgehead atoms. The second-order valence-electron chi connectivity index (χ2n) is 2.28. The van der Waals surface area contributed by atoms with E-state index in [0.29, 0.717) is 0 Å². The number of amides is 1. The molecule has 0 unspecified atom stereocenters. The van der Waals surface area contributed by atoms with Crippen molar-refractivity contribution in [1.29, 1.82) is 0 Å². The highest BCUT2D eigenvalue weighted by molar-refractivity contribution is 5.73. The van der Waals surface area contributed by atoms with E-state index in [2.05, 4.69) is 5.10 Å². The number of alkyl halides is 3. The highest BCUT2D eigenvalue weighted by Crippen LogP contribution is 2.26. The maximum absolute atomic E-state index is 11.9. The van der Waals surface area contributed by atoms with Crippen LogP contribution in [0.15, 0.2) is 6.20 Å². The average molecular weight is 192 g/mol. The first-order valence-electron chi connectivity index (χ1n) is 3.20. The van der Waals surface area contributed by atoms with Gasteiger partial charge in [0.05, 0.1) is 0 Å². The van der Waals surface area contributed by atoms with Crippen LogP contribution in [0.25, 0.3) is 0 Å². The first-order valence-corrected chi connectivity index (χ1v) is 3.20. The van der Waals surface area contributed by atoms with Gasteiger partial charge in [-0.25, -0.2) is 0 Å². The molecule has 4 nitrogen and oxygen atoms in total. The first kappa shape index (κ1) is 9.56. The van der Waals surface area contributed by atoms with Gasteiger partial charge in [0.15, 0.2) is 5.69 Å². The number of rotatable bonds is 2. The number of halogens is 3. The van der Waals surface area contributed by atoms with Crippen LogP contribution < -0.4 is 5.73 Å². The summed E-state index contributed by atoms with van der Waals surface area (Å²) in [6.45, 7) is -0.382. The molecule has 1 aromatic heterocycles. The van der Waals surface area contributed by atoms with Gasteiger partial charge < -0.3 is 5.73 Å². The van der Waals surface area contributed by atoms with Crippen LogP contribution in [0.2, 0.25) is 0 Å². The Kier molecular flexibility index (Phi) is 2.26. The van der Waals surface area contributed by atoms with Gasteiger partial charge in [-0.05, 0) is 0 Å². The van der Waals surface area contributed by atoms with E-state index in [1.54, 1.807) is 0 Å². The Hall–Kier alpha value is -1.53. The molecule has 0 atom stereocenters. The first-order chi connectivity index (χ1) is 5.89. The van der Waals surface area contributed by atoms with E-state index in [9.17, 15) is 18.0 Å². The standard InChI is InChI=1S/C6H5F3N3O/c7-6(8,9)4-1-2-12(11-4)3-5(10)13/h2H,3H2,(H2,10,13). The second kappa shape index (κ2) is 3.08. The van der Waals surface area contributed by atoms with Crippen LogP contribution in [-0.4, -0.2) is 15.7 Å². The minimum Gasteiger partial charge on any atom is -0.368 e. The summed E-state index contributed by atoms with van der Waals surface area (Å²) in [4.78, 5) is 10.3. The predicted molar refractivity (Wildman–Crippen MR) is 35.3 cm³/mol. The van der Waals surface area contributed by atoms with Gasteiger partial charge in [-0.2, -0.15) is 18.3 Å². The van der Waals surface area contributed by atoms with E-state index in [1.807, 2.05) is 6.07 Å². The summed E-state index contributed by atoms with van der Waals surface area (Å²) in [5, 5.41) is 3.06. The number of aromatic nitrogens is 2. The molecule has 0 spiro atoms. The van der Waals surface area contributed by atoms with E-state index >= 15 is 0 Å². The molecule has 0 aliphatic heterocycles. The zero-order valence-electron chi connectivity index (χ0n) is 6.30. The summed E-state index contributed by atoms with van der Waals surface area (Å²) in [6.07, 6.45) is -3.61. The van der Waals surface area contributed by atoms with Crippen molar-refractivity contribution in [1.82, 2.24) is 9.78 Å². The van der Waals surface area contributed by atoms with Gasteiger partial charge in [0.1, 0.15) is 6.54 Å². The number of primary amides is 1. The Balaban J connectivity index is 2.81. The molecular formula is C6H5F3N3O. The van der Waals surface area contributed by atoms with Gasteiger partial charge in [-0.15, -0.1) is 0 Å². The monoisotopic (exact) mass is 192 g/mol. The van der Waals surface area contributed by atoms with Crippen LogP contribution in [0.1, 0.15) is 5.69 Å². The fraction of sp³-hybridized carbons (Fsp3) is 0.333. The topological polar surface area (TPSA) is 60.9 Å². The fourth-order valence-corrected chi connectivity index (χ4v) is 0.701. The Labute approximate surface area is 71.1 Å². The molecule has 2 N–H and O–H groups in total. The fourth-order valence-electron chi connectivity index (χ4n) is 0.701. The lowest BCUT2D eigenvalue weighted by Gasteiger charge is -2.00. The highest BCUT2D eigenvalue weighted by atomic mass is 19.4. The van der Waals surface area contributed by atoms with Crippen LogP contribution in [-0.2, 0) is 17.5 Å². The SMILES string of the molecule is NC(=O)Cn1c[c]c(C(F)(F)F)n1. The molecule has 1 amide bonds. The molecule has 0 saturated carbocycles. The third kappa shape index (κ3) is 2.46. The third-order valence-electron chi connectivity index (χ3n) is 1.17. The molecule has 1 radical (unpaired) electrons. The summed E-state index contributed by atoms with van der Waals surface area (Å²) in [6, 6.07) is 1.87. The molecule has 71 valence electrons. The van der Waals surface area contributed by atoms with Crippen molar-refractivity contribution in [3.8, 4) is 0 Å². The number of nitrogens with zero attached hydrogens (tertiary/aromatic N) is 2. The van der Waals surface area contributed by atoms with Gasteiger partial charge in [-0.3, -0.25) is 9.48 Å². The number of carbonyl (C=O) groups is 1. The number of nitrogens with two attached hydrogens (primary N) is 1. The molecule has 0 aliphatic carbocycles. The Bertz CT molecular complexity index is 317. The van der Waals surface area contributed by atoms with Crippen LogP contribution in [0, 0.1) is 6.07 Å². The Morgan fingerprint density at radius 2 is 2.31 bits per heavy atom. The smallest absolute Gasteiger partial charge is 0.368 e. The van der Waals surface area contributed by atoms with Gasteiger partial charge in [0.2, 0.25) is 5.91 Å². The Morgan fingerprint density at radius 1 is 1.69 bits per heavy atom. The third-order valence-corrected chi connectivity index (χ3v) is 1.17. The van der Waals surface area contributed by atoms with Gasteiger partial charge in [-0.1, -0.05) is 0 Å². The van der Waals surface area contributed by atoms with E-state index in [-0.39, 0.29) is 6.54 Å². The van der Waals surface area contributed by atoms with Crippen molar-refractivity contribution < 1.29 is 18.0 Å². The number of carbonyl (C=O) groups excluding carboxylic acids is 1. The molecule has 0 aliphatic rings. The van der Waals surface area contributed by atoms with E-state index in [1.165, 1.54) is 0 Å². The maximum atomic E-state index is 11.9. The highest BCUT2D eigenvalue weighted by Gasteiger charge is 2.33. The van der Waals surface area contributed by atoms with Crippen molar-refractivity contribution in [3.63, 3.8) is 0 Å². The molecule has 0 saturated heterocycles. The quantitative estimate of drug-likeness (QED) is 0.726. The molecule has 1 heterocycles. The van der Waals surface area contributed by atoms with Crippen molar-refractivity contribution in [3.05, 3.63) is 18.0 Å². The normalized spacial score (nSPS) is 11.6. The lowest BCUT2D eigenvalue weighted by molar-refractivity contribution is -0.142. The zero-order chi connectivity index (χ0) is 10.1. The summed E-state index contributed by atoms with van der Waals surface area (Å²) < 4.78 is 36.5. The molecule has 13 heavy (non-hydrogen) atoms. The van der Waals surface area contributed by atoms with Gasteiger partial charge in [0, 0.05) is 12.3 Å². The Morgan fingerprint density at radius 3 is 2.69 bits per heavy atom. The second-order valence-corrected chi connectivity index (χ2v) is 2.28. The molecule has 1 aromatic rings. The van der Waals surface area contributed by atoms with Crippen LogP contribution in [0.5, 0.6) is 0 Å². The van der Waals surface area contributed by atoms with Crippen LogP contribution in [0.3, 0.4) is 0 Å². The van der Waals surface area contributed by atoms with E-state index in [4.69, 9.17) is 5.73 Å². The van der Waals surface area contributed by atoms with Crippen LogP contribution in [0.4, 0.5) is 13.2 Å². The van der Waals surface area contributed by atoms with Gasteiger partial charge in [0.25, 0.3) is 0 Å². The van der Waals surface area contributed by atoms with E-state index in [0.717, 1.165) is 10.9 Å². The summed E-state index contributed by atoms with van der Waals surface area (Å²) >= 11 is 0. The maximum Gasteiger partial charge on any atom is 0.435 e. The summed E-state index contributed by atoms with van der Waals surface area (Å²) in [5.74, 6) is -0.759. The van der Waals surface area contributed by atoms with E-state index < -0.39 is 17.8 Å². The molecule has 1 rings (SSSR count).